The fourth-order valence-electron chi connectivity index (χ4n) is 4.11. The molecule has 0 amide bonds. The van der Waals surface area contributed by atoms with E-state index in [9.17, 15) is 5.11 Å². The number of aromatic nitrogens is 4. The normalized spacial score (nSPS) is 19.1. The average molecular weight is 400 g/mol. The van der Waals surface area contributed by atoms with Crippen molar-refractivity contribution in [3.63, 3.8) is 0 Å². The van der Waals surface area contributed by atoms with Crippen LogP contribution in [0.15, 0.2) is 60.9 Å². The van der Waals surface area contributed by atoms with Crippen LogP contribution in [-0.2, 0) is 6.42 Å². The molecule has 0 radical (unpaired) electrons. The van der Waals surface area contributed by atoms with Gasteiger partial charge in [-0.15, -0.1) is 0 Å². The van der Waals surface area contributed by atoms with Crippen molar-refractivity contribution in [1.29, 1.82) is 0 Å². The predicted molar refractivity (Wildman–Crippen MR) is 115 cm³/mol. The maximum atomic E-state index is 9.78. The second-order valence-corrected chi connectivity index (χ2v) is 7.88. The largest absolute Gasteiger partial charge is 0.437 e. The fourth-order valence-corrected chi connectivity index (χ4v) is 4.11. The number of nitrogens with zero attached hydrogens (tertiary/aromatic N) is 3. The van der Waals surface area contributed by atoms with E-state index < -0.39 is 0 Å². The standard InChI is InChI=1S/C24H24N4O2/c29-18-9-7-17(8-10-18)23-24(26-14-13-25-23)30-19-11-5-16(6-12-19)15-22-27-20-3-1-2-4-21(20)28-22/h1-6,11-14,17-18,29H,7-10,15H2,(H,27,28). The highest BCUT2D eigenvalue weighted by atomic mass is 16.5. The minimum absolute atomic E-state index is 0.193. The van der Waals surface area contributed by atoms with Gasteiger partial charge in [0.15, 0.2) is 0 Å². The van der Waals surface area contributed by atoms with Gasteiger partial charge in [0.05, 0.1) is 17.1 Å². The Morgan fingerprint density at radius 1 is 0.933 bits per heavy atom. The molecule has 1 saturated carbocycles. The summed E-state index contributed by atoms with van der Waals surface area (Å²) < 4.78 is 6.08. The summed E-state index contributed by atoms with van der Waals surface area (Å²) in [7, 11) is 0. The van der Waals surface area contributed by atoms with E-state index in [2.05, 4.69) is 32.1 Å². The molecule has 2 N–H and O–H groups in total. The van der Waals surface area contributed by atoms with Gasteiger partial charge in [0.2, 0.25) is 5.88 Å². The molecule has 0 atom stereocenters. The number of aliphatic hydroxyl groups excluding tert-OH is 1. The minimum atomic E-state index is -0.193. The maximum Gasteiger partial charge on any atom is 0.241 e. The molecule has 2 aromatic carbocycles. The van der Waals surface area contributed by atoms with Crippen LogP contribution in [0.4, 0.5) is 0 Å². The molecule has 5 rings (SSSR count). The van der Waals surface area contributed by atoms with Gasteiger partial charge in [-0.1, -0.05) is 24.3 Å². The van der Waals surface area contributed by atoms with Gasteiger partial charge in [0.25, 0.3) is 0 Å². The Hall–Kier alpha value is -3.25. The number of fused-ring (bicyclic) bond motifs is 1. The lowest BCUT2D eigenvalue weighted by molar-refractivity contribution is 0.121. The molecule has 0 saturated heterocycles. The van der Waals surface area contributed by atoms with Gasteiger partial charge >= 0.3 is 0 Å². The predicted octanol–water partition coefficient (Wildman–Crippen LogP) is 4.75. The maximum absolute atomic E-state index is 9.78. The molecule has 1 aliphatic rings. The molecule has 30 heavy (non-hydrogen) atoms. The van der Waals surface area contributed by atoms with Crippen molar-refractivity contribution in [2.24, 2.45) is 0 Å². The Balaban J connectivity index is 1.29. The molecule has 6 heteroatoms. The Kier molecular flexibility index (Phi) is 5.15. The number of H-pyrrole nitrogens is 1. The zero-order valence-electron chi connectivity index (χ0n) is 16.7. The number of rotatable bonds is 5. The molecule has 6 nitrogen and oxygen atoms in total. The Morgan fingerprint density at radius 2 is 1.70 bits per heavy atom. The topological polar surface area (TPSA) is 83.9 Å². The van der Waals surface area contributed by atoms with E-state index in [1.165, 1.54) is 0 Å². The molecule has 0 bridgehead atoms. The number of nitrogens with one attached hydrogen (secondary N) is 1. The lowest BCUT2D eigenvalue weighted by Gasteiger charge is -2.25. The van der Waals surface area contributed by atoms with Gasteiger partial charge in [-0.25, -0.2) is 9.97 Å². The first-order valence-corrected chi connectivity index (χ1v) is 10.4. The van der Waals surface area contributed by atoms with Crippen LogP contribution >= 0.6 is 0 Å². The number of imidazole rings is 1. The minimum Gasteiger partial charge on any atom is -0.437 e. The van der Waals surface area contributed by atoms with Gasteiger partial charge in [0, 0.05) is 24.7 Å². The third-order valence-corrected chi connectivity index (χ3v) is 5.72. The first-order chi connectivity index (χ1) is 14.7. The molecular formula is C24H24N4O2. The van der Waals surface area contributed by atoms with Crippen molar-refractivity contribution in [3.05, 3.63) is 78.0 Å². The van der Waals surface area contributed by atoms with E-state index in [4.69, 9.17) is 4.74 Å². The number of benzene rings is 2. The molecule has 0 aliphatic heterocycles. The zero-order chi connectivity index (χ0) is 20.3. The third kappa shape index (κ3) is 4.04. The van der Waals surface area contributed by atoms with Gasteiger partial charge in [0.1, 0.15) is 17.3 Å². The van der Waals surface area contributed by atoms with Gasteiger partial charge in [-0.2, -0.15) is 0 Å². The Labute approximate surface area is 175 Å². The number of aromatic amines is 1. The molecule has 2 heterocycles. The van der Waals surface area contributed by atoms with Gasteiger partial charge in [-0.3, -0.25) is 4.98 Å². The summed E-state index contributed by atoms with van der Waals surface area (Å²) in [6, 6.07) is 16.1. The lowest BCUT2D eigenvalue weighted by atomic mass is 9.85. The third-order valence-electron chi connectivity index (χ3n) is 5.72. The molecule has 4 aromatic rings. The van der Waals surface area contributed by atoms with Crippen molar-refractivity contribution in [2.45, 2.75) is 44.1 Å². The summed E-state index contributed by atoms with van der Waals surface area (Å²) in [5.41, 5.74) is 4.08. The monoisotopic (exact) mass is 400 g/mol. The van der Waals surface area contributed by atoms with Crippen molar-refractivity contribution in [3.8, 4) is 11.6 Å². The van der Waals surface area contributed by atoms with Crippen molar-refractivity contribution >= 4 is 11.0 Å². The van der Waals surface area contributed by atoms with Crippen molar-refractivity contribution in [1.82, 2.24) is 19.9 Å². The van der Waals surface area contributed by atoms with Gasteiger partial charge in [-0.05, 0) is 55.5 Å². The first kappa shape index (κ1) is 18.8. The first-order valence-electron chi connectivity index (χ1n) is 10.4. The molecule has 1 fully saturated rings. The summed E-state index contributed by atoms with van der Waals surface area (Å²) in [5, 5.41) is 9.78. The van der Waals surface area contributed by atoms with Crippen LogP contribution in [0.1, 0.15) is 48.7 Å². The molecule has 2 aromatic heterocycles. The van der Waals surface area contributed by atoms with E-state index >= 15 is 0 Å². The lowest BCUT2D eigenvalue weighted by Crippen LogP contribution is -2.18. The number of hydrogen-bond donors (Lipinski definition) is 2. The summed E-state index contributed by atoms with van der Waals surface area (Å²) in [5.74, 6) is 2.52. The Morgan fingerprint density at radius 3 is 2.50 bits per heavy atom. The molecular weight excluding hydrogens is 376 g/mol. The number of ether oxygens (including phenoxy) is 1. The highest BCUT2D eigenvalue weighted by molar-refractivity contribution is 5.74. The van der Waals surface area contributed by atoms with E-state index in [1.807, 2.05) is 36.4 Å². The van der Waals surface area contributed by atoms with Crippen molar-refractivity contribution in [2.75, 3.05) is 0 Å². The van der Waals surface area contributed by atoms with Crippen LogP contribution in [0.25, 0.3) is 11.0 Å². The van der Waals surface area contributed by atoms with E-state index in [0.717, 1.165) is 66.0 Å². The number of para-hydroxylation sites is 2. The van der Waals surface area contributed by atoms with Crippen molar-refractivity contribution < 1.29 is 9.84 Å². The van der Waals surface area contributed by atoms with Crippen LogP contribution in [0.5, 0.6) is 11.6 Å². The van der Waals surface area contributed by atoms with Crippen LogP contribution in [0.3, 0.4) is 0 Å². The smallest absolute Gasteiger partial charge is 0.241 e. The second kappa shape index (κ2) is 8.24. The molecule has 0 unspecified atom stereocenters. The molecule has 152 valence electrons. The second-order valence-electron chi connectivity index (χ2n) is 7.88. The SMILES string of the molecule is OC1CCC(c2nccnc2Oc2ccc(Cc3nc4ccccc4[nH]3)cc2)CC1. The highest BCUT2D eigenvalue weighted by Gasteiger charge is 2.25. The molecule has 1 aliphatic carbocycles. The van der Waals surface area contributed by atoms with Crippen LogP contribution in [0, 0.1) is 0 Å². The number of aliphatic hydroxyl groups is 1. The highest BCUT2D eigenvalue weighted by Crippen LogP contribution is 2.36. The average Bonchev–Trinajstić information content (AvgIpc) is 3.18. The van der Waals surface area contributed by atoms with Crippen LogP contribution < -0.4 is 4.74 Å². The van der Waals surface area contributed by atoms with E-state index in [1.54, 1.807) is 12.4 Å². The summed E-state index contributed by atoms with van der Waals surface area (Å²) in [6.45, 7) is 0. The molecule has 0 spiro atoms. The number of hydrogen-bond acceptors (Lipinski definition) is 5. The summed E-state index contributed by atoms with van der Waals surface area (Å²) in [4.78, 5) is 17.0. The summed E-state index contributed by atoms with van der Waals surface area (Å²) >= 11 is 0. The van der Waals surface area contributed by atoms with E-state index in [-0.39, 0.29) is 12.0 Å². The van der Waals surface area contributed by atoms with E-state index in [0.29, 0.717) is 5.88 Å². The van der Waals surface area contributed by atoms with Gasteiger partial charge < -0.3 is 14.8 Å². The fraction of sp³-hybridized carbons (Fsp3) is 0.292. The summed E-state index contributed by atoms with van der Waals surface area (Å²) in [6.07, 6.45) is 7.33. The van der Waals surface area contributed by atoms with Crippen LogP contribution in [0.2, 0.25) is 0 Å². The quantitative estimate of drug-likeness (QED) is 0.505. The zero-order valence-corrected chi connectivity index (χ0v) is 16.7. The van der Waals surface area contributed by atoms with Crippen LogP contribution in [-0.4, -0.2) is 31.1 Å². The Bertz CT molecular complexity index is 1100.